The van der Waals surface area contributed by atoms with Gasteiger partial charge in [0.05, 0.1) is 0 Å². The molecule has 0 saturated carbocycles. The van der Waals surface area contributed by atoms with Gasteiger partial charge in [-0.05, 0) is 92.4 Å². The van der Waals surface area contributed by atoms with Crippen molar-refractivity contribution in [3.63, 3.8) is 0 Å². The Hall–Kier alpha value is -5.70. The van der Waals surface area contributed by atoms with Crippen LogP contribution >= 0.6 is 11.3 Å². The summed E-state index contributed by atoms with van der Waals surface area (Å²) in [5.41, 5.74) is 11.5. The van der Waals surface area contributed by atoms with Crippen LogP contribution < -0.4 is 5.32 Å². The molecular formula is C46H31NS. The van der Waals surface area contributed by atoms with Crippen LogP contribution in [-0.4, -0.2) is 0 Å². The van der Waals surface area contributed by atoms with Gasteiger partial charge in [0.1, 0.15) is 0 Å². The van der Waals surface area contributed by atoms with Gasteiger partial charge in [-0.1, -0.05) is 127 Å². The summed E-state index contributed by atoms with van der Waals surface area (Å²) in [6.07, 6.45) is 0.941. The molecule has 48 heavy (non-hydrogen) atoms. The number of anilines is 2. The number of fused-ring (bicyclic) bond motifs is 6. The van der Waals surface area contributed by atoms with E-state index in [0.717, 1.165) is 6.42 Å². The molecule has 0 amide bonds. The highest BCUT2D eigenvalue weighted by molar-refractivity contribution is 7.25. The van der Waals surface area contributed by atoms with Crippen molar-refractivity contribution in [2.45, 2.75) is 12.3 Å². The van der Waals surface area contributed by atoms with Crippen LogP contribution in [0.25, 0.3) is 64.0 Å². The van der Waals surface area contributed by atoms with Gasteiger partial charge in [0.15, 0.2) is 0 Å². The minimum Gasteiger partial charge on any atom is -0.354 e. The first-order valence-corrected chi connectivity index (χ1v) is 17.5. The fraction of sp³-hybridized carbons (Fsp3) is 0.0435. The Balaban J connectivity index is 1.02. The van der Waals surface area contributed by atoms with E-state index >= 15 is 0 Å². The van der Waals surface area contributed by atoms with Crippen LogP contribution in [0.1, 0.15) is 22.6 Å². The predicted molar refractivity (Wildman–Crippen MR) is 207 cm³/mol. The Morgan fingerprint density at radius 2 is 1.21 bits per heavy atom. The van der Waals surface area contributed by atoms with Crippen molar-refractivity contribution in [2.24, 2.45) is 0 Å². The Morgan fingerprint density at radius 3 is 2.08 bits per heavy atom. The molecule has 1 aromatic heterocycles. The molecule has 1 nitrogen and oxygen atoms in total. The van der Waals surface area contributed by atoms with E-state index in [4.69, 9.17) is 0 Å². The van der Waals surface area contributed by atoms with Gasteiger partial charge in [-0.3, -0.25) is 0 Å². The van der Waals surface area contributed by atoms with E-state index in [0.29, 0.717) is 0 Å². The molecule has 0 fully saturated rings. The van der Waals surface area contributed by atoms with Crippen LogP contribution in [0, 0.1) is 0 Å². The lowest BCUT2D eigenvalue weighted by Crippen LogP contribution is -2.05. The molecule has 2 heterocycles. The third kappa shape index (κ3) is 4.45. The van der Waals surface area contributed by atoms with Crippen LogP contribution in [0.2, 0.25) is 0 Å². The molecule has 226 valence electrons. The standard InChI is InChI=1S/C46H31NS/c1-2-9-30(10-3-1)39(34-21-24-45-41(27-34)36-13-6-7-16-44(36)48-45)25-29-17-19-31(20-18-29)35-22-23-42-46-37(35)14-8-15-38(46)40-26-32-11-4-5-12-33(32)28-43(40)47-42/h1-24,26-28,39,47H,25H2/t39-/m0/s1. The Bertz CT molecular complexity index is 2670. The van der Waals surface area contributed by atoms with E-state index < -0.39 is 0 Å². The van der Waals surface area contributed by atoms with Crippen molar-refractivity contribution < 1.29 is 0 Å². The summed E-state index contributed by atoms with van der Waals surface area (Å²) >= 11 is 1.88. The number of nitrogens with one attached hydrogen (secondary N) is 1. The van der Waals surface area contributed by atoms with Crippen molar-refractivity contribution in [1.29, 1.82) is 0 Å². The third-order valence-electron chi connectivity index (χ3n) is 10.2. The zero-order chi connectivity index (χ0) is 31.6. The maximum atomic E-state index is 3.76. The number of rotatable bonds is 5. The molecule has 0 radical (unpaired) electrons. The number of hydrogen-bond acceptors (Lipinski definition) is 2. The SMILES string of the molecule is c1ccc([C@H](Cc2ccc(-c3ccc4c5c(cccc35)-c3cc5ccccc5cc3N4)cc2)c2ccc3sc4ccccc4c3c2)cc1. The van der Waals surface area contributed by atoms with Crippen LogP contribution in [0.15, 0.2) is 164 Å². The third-order valence-corrected chi connectivity index (χ3v) is 11.3. The zero-order valence-corrected chi connectivity index (χ0v) is 27.1. The van der Waals surface area contributed by atoms with Gasteiger partial charge in [0, 0.05) is 48.4 Å². The molecule has 2 heteroatoms. The normalized spacial score (nSPS) is 12.8. The molecule has 9 aromatic rings. The van der Waals surface area contributed by atoms with Gasteiger partial charge < -0.3 is 5.32 Å². The molecule has 10 rings (SSSR count). The summed E-state index contributed by atoms with van der Waals surface area (Å²) in [5, 5.41) is 11.6. The molecule has 0 bridgehead atoms. The quantitative estimate of drug-likeness (QED) is 0.200. The van der Waals surface area contributed by atoms with E-state index in [1.54, 1.807) is 0 Å². The summed E-state index contributed by atoms with van der Waals surface area (Å²) in [5.74, 6) is 0.267. The zero-order valence-electron chi connectivity index (χ0n) is 26.3. The first-order chi connectivity index (χ1) is 23.8. The fourth-order valence-electron chi connectivity index (χ4n) is 7.83. The molecule has 1 aliphatic heterocycles. The average Bonchev–Trinajstić information content (AvgIpc) is 3.52. The van der Waals surface area contributed by atoms with Crippen molar-refractivity contribution in [2.75, 3.05) is 5.32 Å². The second-order valence-electron chi connectivity index (χ2n) is 13.0. The van der Waals surface area contributed by atoms with Gasteiger partial charge in [0.25, 0.3) is 0 Å². The van der Waals surface area contributed by atoms with Gasteiger partial charge in [-0.2, -0.15) is 0 Å². The molecule has 0 aliphatic carbocycles. The van der Waals surface area contributed by atoms with Crippen molar-refractivity contribution >= 4 is 64.4 Å². The second-order valence-corrected chi connectivity index (χ2v) is 14.1. The van der Waals surface area contributed by atoms with Crippen LogP contribution in [-0.2, 0) is 6.42 Å². The second kappa shape index (κ2) is 10.9. The smallest absolute Gasteiger partial charge is 0.0470 e. The van der Waals surface area contributed by atoms with Gasteiger partial charge in [-0.15, -0.1) is 11.3 Å². The first kappa shape index (κ1) is 27.4. The lowest BCUT2D eigenvalue weighted by atomic mass is 9.84. The number of benzene rings is 8. The van der Waals surface area contributed by atoms with Crippen molar-refractivity contribution in [3.8, 4) is 22.3 Å². The molecule has 1 aliphatic rings. The van der Waals surface area contributed by atoms with Crippen LogP contribution in [0.5, 0.6) is 0 Å². The number of hydrogen-bond donors (Lipinski definition) is 1. The molecule has 0 saturated heterocycles. The minimum atomic E-state index is 0.267. The molecule has 0 unspecified atom stereocenters. The predicted octanol–water partition coefficient (Wildman–Crippen LogP) is 13.1. The summed E-state index contributed by atoms with van der Waals surface area (Å²) in [6, 6.07) is 60.7. The highest BCUT2D eigenvalue weighted by Crippen LogP contribution is 2.47. The van der Waals surface area contributed by atoms with Crippen LogP contribution in [0.3, 0.4) is 0 Å². The van der Waals surface area contributed by atoms with Crippen molar-refractivity contribution in [3.05, 3.63) is 180 Å². The van der Waals surface area contributed by atoms with Gasteiger partial charge in [-0.25, -0.2) is 0 Å². The van der Waals surface area contributed by atoms with E-state index in [1.165, 1.54) is 92.0 Å². The first-order valence-electron chi connectivity index (χ1n) is 16.7. The van der Waals surface area contributed by atoms with E-state index in [-0.39, 0.29) is 5.92 Å². The van der Waals surface area contributed by atoms with Crippen molar-refractivity contribution in [1.82, 2.24) is 0 Å². The lowest BCUT2D eigenvalue weighted by molar-refractivity contribution is 0.807. The number of thiophene rings is 1. The van der Waals surface area contributed by atoms with E-state index in [2.05, 4.69) is 169 Å². The minimum absolute atomic E-state index is 0.267. The maximum absolute atomic E-state index is 3.76. The summed E-state index contributed by atoms with van der Waals surface area (Å²) < 4.78 is 2.70. The Labute approximate surface area is 283 Å². The molecule has 0 spiro atoms. The fourth-order valence-corrected chi connectivity index (χ4v) is 8.92. The molecule has 1 atom stereocenters. The van der Waals surface area contributed by atoms with E-state index in [1.807, 2.05) is 11.3 Å². The topological polar surface area (TPSA) is 12.0 Å². The summed E-state index contributed by atoms with van der Waals surface area (Å²) in [4.78, 5) is 0. The summed E-state index contributed by atoms with van der Waals surface area (Å²) in [7, 11) is 0. The molecular weight excluding hydrogens is 599 g/mol. The van der Waals surface area contributed by atoms with Gasteiger partial charge in [0.2, 0.25) is 0 Å². The maximum Gasteiger partial charge on any atom is 0.0470 e. The molecule has 8 aromatic carbocycles. The van der Waals surface area contributed by atoms with Crippen LogP contribution in [0.4, 0.5) is 11.4 Å². The highest BCUT2D eigenvalue weighted by Gasteiger charge is 2.21. The summed E-state index contributed by atoms with van der Waals surface area (Å²) in [6.45, 7) is 0. The monoisotopic (exact) mass is 629 g/mol. The lowest BCUT2D eigenvalue weighted by Gasteiger charge is -2.24. The Morgan fingerprint density at radius 1 is 0.458 bits per heavy atom. The largest absolute Gasteiger partial charge is 0.354 e. The average molecular weight is 630 g/mol. The Kier molecular flexibility index (Phi) is 6.25. The molecule has 1 N–H and O–H groups in total. The van der Waals surface area contributed by atoms with E-state index in [9.17, 15) is 0 Å². The van der Waals surface area contributed by atoms with Gasteiger partial charge >= 0.3 is 0 Å². The highest BCUT2D eigenvalue weighted by atomic mass is 32.1.